The van der Waals surface area contributed by atoms with Crippen molar-refractivity contribution >= 4 is 5.97 Å². The number of aliphatic carboxylic acids is 1. The second kappa shape index (κ2) is 7.63. The molecule has 0 radical (unpaired) electrons. The molecule has 2 aromatic carbocycles. The van der Waals surface area contributed by atoms with Crippen molar-refractivity contribution in [2.24, 2.45) is 5.92 Å². The van der Waals surface area contributed by atoms with Crippen molar-refractivity contribution in [1.29, 1.82) is 0 Å². The summed E-state index contributed by atoms with van der Waals surface area (Å²) in [4.78, 5) is 11.3. The average Bonchev–Trinajstić information content (AvgIpc) is 2.52. The molecule has 0 saturated carbocycles. The number of rotatable bonds is 7. The van der Waals surface area contributed by atoms with E-state index < -0.39 is 5.97 Å². The molecule has 0 fully saturated rings. The third kappa shape index (κ3) is 4.45. The van der Waals surface area contributed by atoms with Gasteiger partial charge in [0.2, 0.25) is 0 Å². The lowest BCUT2D eigenvalue weighted by Gasteiger charge is -2.12. The zero-order chi connectivity index (χ0) is 15.1. The highest BCUT2D eigenvalue weighted by Crippen LogP contribution is 2.21. The SMILES string of the molecule is CCCCC(Cc1ccc(-c2ccccc2)cc1)C(=O)O. The van der Waals surface area contributed by atoms with Crippen LogP contribution in [0.4, 0.5) is 0 Å². The predicted molar refractivity (Wildman–Crippen MR) is 86.2 cm³/mol. The molecule has 2 rings (SSSR count). The Labute approximate surface area is 126 Å². The lowest BCUT2D eigenvalue weighted by atomic mass is 9.93. The molecule has 2 aromatic rings. The molecule has 21 heavy (non-hydrogen) atoms. The minimum absolute atomic E-state index is 0.271. The standard InChI is InChI=1S/C19H22O2/c1-2-3-7-18(19(20)21)14-15-10-12-17(13-11-15)16-8-5-4-6-9-16/h4-6,8-13,18H,2-3,7,14H2,1H3,(H,20,21). The van der Waals surface area contributed by atoms with Crippen LogP contribution in [-0.4, -0.2) is 11.1 Å². The van der Waals surface area contributed by atoms with Gasteiger partial charge in [-0.05, 0) is 29.5 Å². The van der Waals surface area contributed by atoms with Gasteiger partial charge in [0.1, 0.15) is 0 Å². The van der Waals surface area contributed by atoms with Crippen LogP contribution in [0.2, 0.25) is 0 Å². The molecule has 0 saturated heterocycles. The first-order valence-corrected chi connectivity index (χ1v) is 7.58. The van der Waals surface area contributed by atoms with Crippen LogP contribution >= 0.6 is 0 Å². The lowest BCUT2D eigenvalue weighted by molar-refractivity contribution is -0.141. The van der Waals surface area contributed by atoms with Crippen LogP contribution in [0.25, 0.3) is 11.1 Å². The van der Waals surface area contributed by atoms with Crippen molar-refractivity contribution in [3.05, 3.63) is 60.2 Å². The van der Waals surface area contributed by atoms with Crippen molar-refractivity contribution in [2.45, 2.75) is 32.6 Å². The van der Waals surface area contributed by atoms with Gasteiger partial charge in [-0.2, -0.15) is 0 Å². The molecule has 0 bridgehead atoms. The molecule has 0 amide bonds. The highest BCUT2D eigenvalue weighted by atomic mass is 16.4. The number of carboxylic acids is 1. The molecule has 0 aliphatic heterocycles. The normalized spacial score (nSPS) is 12.0. The Morgan fingerprint density at radius 2 is 1.62 bits per heavy atom. The summed E-state index contributed by atoms with van der Waals surface area (Å²) >= 11 is 0. The van der Waals surface area contributed by atoms with Crippen molar-refractivity contribution in [3.8, 4) is 11.1 Å². The zero-order valence-electron chi connectivity index (χ0n) is 12.5. The van der Waals surface area contributed by atoms with Crippen LogP contribution in [-0.2, 0) is 11.2 Å². The fourth-order valence-electron chi connectivity index (χ4n) is 2.51. The predicted octanol–water partition coefficient (Wildman–Crippen LogP) is 4.79. The van der Waals surface area contributed by atoms with Crippen LogP contribution in [0.15, 0.2) is 54.6 Å². The number of hydrogen-bond acceptors (Lipinski definition) is 1. The Hall–Kier alpha value is -2.09. The van der Waals surface area contributed by atoms with Gasteiger partial charge in [0.15, 0.2) is 0 Å². The van der Waals surface area contributed by atoms with Crippen LogP contribution in [0.1, 0.15) is 31.7 Å². The molecular weight excluding hydrogens is 260 g/mol. The van der Waals surface area contributed by atoms with E-state index in [2.05, 4.69) is 31.2 Å². The topological polar surface area (TPSA) is 37.3 Å². The zero-order valence-corrected chi connectivity index (χ0v) is 12.5. The molecule has 0 spiro atoms. The second-order valence-electron chi connectivity index (χ2n) is 5.44. The molecule has 0 aliphatic rings. The quantitative estimate of drug-likeness (QED) is 0.793. The molecule has 110 valence electrons. The Morgan fingerprint density at radius 1 is 1.00 bits per heavy atom. The first kappa shape index (κ1) is 15.3. The van der Waals surface area contributed by atoms with E-state index in [1.165, 1.54) is 11.1 Å². The van der Waals surface area contributed by atoms with Crippen LogP contribution in [0, 0.1) is 5.92 Å². The first-order chi connectivity index (χ1) is 10.2. The van der Waals surface area contributed by atoms with Gasteiger partial charge < -0.3 is 5.11 Å². The van der Waals surface area contributed by atoms with E-state index in [4.69, 9.17) is 0 Å². The maximum atomic E-state index is 11.3. The average molecular weight is 282 g/mol. The Bertz CT molecular complexity index is 558. The highest BCUT2D eigenvalue weighted by molar-refractivity contribution is 5.70. The fourth-order valence-corrected chi connectivity index (χ4v) is 2.51. The van der Waals surface area contributed by atoms with E-state index in [0.29, 0.717) is 6.42 Å². The van der Waals surface area contributed by atoms with Gasteiger partial charge >= 0.3 is 5.97 Å². The first-order valence-electron chi connectivity index (χ1n) is 7.58. The van der Waals surface area contributed by atoms with E-state index in [0.717, 1.165) is 24.8 Å². The summed E-state index contributed by atoms with van der Waals surface area (Å²) in [5.41, 5.74) is 3.45. The minimum atomic E-state index is -0.685. The summed E-state index contributed by atoms with van der Waals surface area (Å²) in [6, 6.07) is 18.4. The number of benzene rings is 2. The van der Waals surface area contributed by atoms with E-state index >= 15 is 0 Å². The summed E-state index contributed by atoms with van der Waals surface area (Å²) in [6.07, 6.45) is 3.38. The Balaban J connectivity index is 2.06. The van der Waals surface area contributed by atoms with Gasteiger partial charge in [-0.25, -0.2) is 0 Å². The van der Waals surface area contributed by atoms with Crippen molar-refractivity contribution in [2.75, 3.05) is 0 Å². The van der Waals surface area contributed by atoms with Crippen molar-refractivity contribution in [1.82, 2.24) is 0 Å². The van der Waals surface area contributed by atoms with Crippen molar-refractivity contribution < 1.29 is 9.90 Å². The van der Waals surface area contributed by atoms with E-state index in [1.54, 1.807) is 0 Å². The molecule has 2 heteroatoms. The van der Waals surface area contributed by atoms with Gasteiger partial charge in [-0.15, -0.1) is 0 Å². The number of hydrogen-bond donors (Lipinski definition) is 1. The monoisotopic (exact) mass is 282 g/mol. The second-order valence-corrected chi connectivity index (χ2v) is 5.44. The third-order valence-electron chi connectivity index (χ3n) is 3.80. The molecule has 1 N–H and O–H groups in total. The summed E-state index contributed by atoms with van der Waals surface area (Å²) in [7, 11) is 0. The highest BCUT2D eigenvalue weighted by Gasteiger charge is 2.17. The lowest BCUT2D eigenvalue weighted by Crippen LogP contribution is -2.16. The van der Waals surface area contributed by atoms with Gasteiger partial charge in [0.05, 0.1) is 5.92 Å². The van der Waals surface area contributed by atoms with Crippen LogP contribution < -0.4 is 0 Å². The summed E-state index contributed by atoms with van der Waals surface area (Å²) in [5.74, 6) is -0.955. The van der Waals surface area contributed by atoms with E-state index in [9.17, 15) is 9.90 Å². The molecular formula is C19H22O2. The maximum absolute atomic E-state index is 11.3. The Kier molecular flexibility index (Phi) is 5.56. The Morgan fingerprint density at radius 3 is 2.19 bits per heavy atom. The largest absolute Gasteiger partial charge is 0.481 e. The van der Waals surface area contributed by atoms with Gasteiger partial charge in [0, 0.05) is 0 Å². The molecule has 1 atom stereocenters. The number of unbranched alkanes of at least 4 members (excludes halogenated alkanes) is 1. The van der Waals surface area contributed by atoms with Crippen LogP contribution in [0.5, 0.6) is 0 Å². The van der Waals surface area contributed by atoms with Gasteiger partial charge in [0.25, 0.3) is 0 Å². The minimum Gasteiger partial charge on any atom is -0.481 e. The summed E-state index contributed by atoms with van der Waals surface area (Å²) in [6.45, 7) is 2.09. The molecule has 1 unspecified atom stereocenters. The van der Waals surface area contributed by atoms with Gasteiger partial charge in [-0.1, -0.05) is 74.4 Å². The summed E-state index contributed by atoms with van der Waals surface area (Å²) in [5, 5.41) is 9.29. The maximum Gasteiger partial charge on any atom is 0.306 e. The third-order valence-corrected chi connectivity index (χ3v) is 3.80. The van der Waals surface area contributed by atoms with E-state index in [-0.39, 0.29) is 5.92 Å². The molecule has 2 nitrogen and oxygen atoms in total. The van der Waals surface area contributed by atoms with Crippen LogP contribution in [0.3, 0.4) is 0 Å². The van der Waals surface area contributed by atoms with Gasteiger partial charge in [-0.3, -0.25) is 4.79 Å². The molecule has 0 heterocycles. The van der Waals surface area contributed by atoms with E-state index in [1.807, 2.05) is 30.3 Å². The fraction of sp³-hybridized carbons (Fsp3) is 0.316. The van der Waals surface area contributed by atoms with Crippen molar-refractivity contribution in [3.63, 3.8) is 0 Å². The molecule has 0 aliphatic carbocycles. The smallest absolute Gasteiger partial charge is 0.306 e. The number of carboxylic acid groups (broad SMARTS) is 1. The number of carbonyl (C=O) groups is 1. The molecule has 0 aromatic heterocycles. The summed E-state index contributed by atoms with van der Waals surface area (Å²) < 4.78 is 0.